The van der Waals surface area contributed by atoms with Crippen molar-refractivity contribution in [2.75, 3.05) is 6.54 Å². The van der Waals surface area contributed by atoms with E-state index in [1.54, 1.807) is 0 Å². The standard InChI is InChI=1S/C14H25NO/c1-3-15-9(2)14(16)12-5-10-4-11(7-12)8-13(14)6-10/h9-13,15-16H,3-8H2,1-2H3. The molecule has 0 aromatic carbocycles. The fraction of sp³-hybridized carbons (Fsp3) is 1.00. The van der Waals surface area contributed by atoms with Gasteiger partial charge >= 0.3 is 0 Å². The third-order valence-electron chi connectivity index (χ3n) is 5.65. The van der Waals surface area contributed by atoms with Crippen LogP contribution in [0.25, 0.3) is 0 Å². The van der Waals surface area contributed by atoms with Crippen LogP contribution in [-0.2, 0) is 0 Å². The van der Waals surface area contributed by atoms with Gasteiger partial charge in [-0.2, -0.15) is 0 Å². The van der Waals surface area contributed by atoms with E-state index in [-0.39, 0.29) is 6.04 Å². The lowest BCUT2D eigenvalue weighted by Gasteiger charge is -2.60. The highest BCUT2D eigenvalue weighted by molar-refractivity contribution is 5.10. The highest BCUT2D eigenvalue weighted by atomic mass is 16.3. The highest BCUT2D eigenvalue weighted by Gasteiger charge is 2.58. The summed E-state index contributed by atoms with van der Waals surface area (Å²) in [5.41, 5.74) is -0.399. The second kappa shape index (κ2) is 3.71. The number of hydrogen-bond acceptors (Lipinski definition) is 2. The predicted molar refractivity (Wildman–Crippen MR) is 65.1 cm³/mol. The van der Waals surface area contributed by atoms with Gasteiger partial charge in [0, 0.05) is 6.04 Å². The fourth-order valence-corrected chi connectivity index (χ4v) is 5.12. The Kier molecular flexibility index (Phi) is 2.56. The van der Waals surface area contributed by atoms with Crippen molar-refractivity contribution < 1.29 is 5.11 Å². The van der Waals surface area contributed by atoms with E-state index in [0.717, 1.165) is 18.4 Å². The number of hydrogen-bond donors (Lipinski definition) is 2. The van der Waals surface area contributed by atoms with Gasteiger partial charge in [0.1, 0.15) is 0 Å². The van der Waals surface area contributed by atoms with E-state index >= 15 is 0 Å². The van der Waals surface area contributed by atoms with E-state index in [1.807, 2.05) is 0 Å². The van der Waals surface area contributed by atoms with Crippen molar-refractivity contribution in [1.29, 1.82) is 0 Å². The second-order valence-electron chi connectivity index (χ2n) is 6.47. The van der Waals surface area contributed by atoms with Crippen molar-refractivity contribution in [3.63, 3.8) is 0 Å². The van der Waals surface area contributed by atoms with Crippen LogP contribution < -0.4 is 5.32 Å². The van der Waals surface area contributed by atoms with E-state index in [1.165, 1.54) is 32.1 Å². The summed E-state index contributed by atoms with van der Waals surface area (Å²) >= 11 is 0. The molecule has 0 aliphatic heterocycles. The fourth-order valence-electron chi connectivity index (χ4n) is 5.12. The molecule has 4 fully saturated rings. The van der Waals surface area contributed by atoms with Crippen LogP contribution in [0.15, 0.2) is 0 Å². The van der Waals surface area contributed by atoms with Crippen LogP contribution >= 0.6 is 0 Å². The van der Waals surface area contributed by atoms with Crippen LogP contribution in [0.5, 0.6) is 0 Å². The molecule has 4 rings (SSSR count). The second-order valence-corrected chi connectivity index (χ2v) is 6.47. The largest absolute Gasteiger partial charge is 0.388 e. The number of aliphatic hydroxyl groups is 1. The summed E-state index contributed by atoms with van der Waals surface area (Å²) in [7, 11) is 0. The van der Waals surface area contributed by atoms with Crippen LogP contribution in [0, 0.1) is 23.7 Å². The summed E-state index contributed by atoms with van der Waals surface area (Å²) in [5.74, 6) is 3.05. The molecule has 1 atom stereocenters. The Hall–Kier alpha value is -0.0800. The maximum absolute atomic E-state index is 11.1. The Morgan fingerprint density at radius 3 is 2.06 bits per heavy atom. The van der Waals surface area contributed by atoms with Gasteiger partial charge < -0.3 is 10.4 Å². The van der Waals surface area contributed by atoms with Gasteiger partial charge in [0.05, 0.1) is 5.60 Å². The van der Waals surface area contributed by atoms with Crippen LogP contribution in [0.4, 0.5) is 0 Å². The molecule has 92 valence electrons. The zero-order valence-electron chi connectivity index (χ0n) is 10.6. The average molecular weight is 223 g/mol. The molecule has 0 aromatic rings. The van der Waals surface area contributed by atoms with Crippen molar-refractivity contribution in [3.8, 4) is 0 Å². The molecule has 4 saturated carbocycles. The van der Waals surface area contributed by atoms with Crippen LogP contribution in [0.2, 0.25) is 0 Å². The first kappa shape index (κ1) is 11.0. The molecule has 0 heterocycles. The third kappa shape index (κ3) is 1.39. The Balaban J connectivity index is 1.84. The van der Waals surface area contributed by atoms with Crippen molar-refractivity contribution in [2.24, 2.45) is 23.7 Å². The van der Waals surface area contributed by atoms with E-state index in [0.29, 0.717) is 11.8 Å². The molecular formula is C14H25NO. The molecule has 16 heavy (non-hydrogen) atoms. The topological polar surface area (TPSA) is 32.3 Å². The lowest BCUT2D eigenvalue weighted by atomic mass is 9.48. The molecule has 4 bridgehead atoms. The maximum atomic E-state index is 11.1. The molecule has 0 saturated heterocycles. The third-order valence-corrected chi connectivity index (χ3v) is 5.65. The molecule has 2 heteroatoms. The van der Waals surface area contributed by atoms with Gasteiger partial charge in [-0.3, -0.25) is 0 Å². The first-order chi connectivity index (χ1) is 7.64. The molecule has 1 unspecified atom stereocenters. The normalized spacial score (nSPS) is 51.9. The summed E-state index contributed by atoms with van der Waals surface area (Å²) in [6, 6.07) is 0.271. The minimum absolute atomic E-state index is 0.271. The Morgan fingerprint density at radius 2 is 1.62 bits per heavy atom. The Bertz CT molecular complexity index is 248. The number of likely N-dealkylation sites (N-methyl/N-ethyl adjacent to an activating group) is 1. The molecular weight excluding hydrogens is 198 g/mol. The molecule has 0 amide bonds. The van der Waals surface area contributed by atoms with Gasteiger partial charge in [-0.1, -0.05) is 6.92 Å². The Morgan fingerprint density at radius 1 is 1.12 bits per heavy atom. The van der Waals surface area contributed by atoms with E-state index in [9.17, 15) is 5.11 Å². The minimum Gasteiger partial charge on any atom is -0.388 e. The monoisotopic (exact) mass is 223 g/mol. The highest BCUT2D eigenvalue weighted by Crippen LogP contribution is 2.59. The average Bonchev–Trinajstić information content (AvgIpc) is 2.24. The quantitative estimate of drug-likeness (QED) is 0.768. The zero-order valence-corrected chi connectivity index (χ0v) is 10.6. The van der Waals surface area contributed by atoms with Gasteiger partial charge in [-0.15, -0.1) is 0 Å². The molecule has 4 aliphatic carbocycles. The summed E-state index contributed by atoms with van der Waals surface area (Å²) in [5, 5.41) is 14.6. The van der Waals surface area contributed by atoms with E-state index in [2.05, 4.69) is 19.2 Å². The summed E-state index contributed by atoms with van der Waals surface area (Å²) in [6.45, 7) is 5.29. The van der Waals surface area contributed by atoms with Crippen LogP contribution in [-0.4, -0.2) is 23.3 Å². The van der Waals surface area contributed by atoms with E-state index < -0.39 is 5.60 Å². The number of nitrogens with one attached hydrogen (secondary N) is 1. The van der Waals surface area contributed by atoms with Gasteiger partial charge in [0.15, 0.2) is 0 Å². The van der Waals surface area contributed by atoms with Crippen LogP contribution in [0.3, 0.4) is 0 Å². The summed E-state index contributed by atoms with van der Waals surface area (Å²) < 4.78 is 0. The Labute approximate surface area is 98.8 Å². The predicted octanol–water partition coefficient (Wildman–Crippen LogP) is 2.17. The smallest absolute Gasteiger partial charge is 0.0853 e. The first-order valence-electron chi connectivity index (χ1n) is 7.10. The molecule has 0 spiro atoms. The van der Waals surface area contributed by atoms with E-state index in [4.69, 9.17) is 0 Å². The summed E-state index contributed by atoms with van der Waals surface area (Å²) in [4.78, 5) is 0. The van der Waals surface area contributed by atoms with Gasteiger partial charge in [-0.05, 0) is 69.2 Å². The lowest BCUT2D eigenvalue weighted by Crippen LogP contribution is -2.65. The van der Waals surface area contributed by atoms with Crippen LogP contribution in [0.1, 0.15) is 46.0 Å². The minimum atomic E-state index is -0.399. The zero-order chi connectivity index (χ0) is 11.3. The first-order valence-corrected chi connectivity index (χ1v) is 7.10. The maximum Gasteiger partial charge on any atom is 0.0853 e. The molecule has 4 aliphatic rings. The SMILES string of the molecule is CCNC(C)C1(O)C2CC3CC(C2)CC1C3. The van der Waals surface area contributed by atoms with Crippen molar-refractivity contribution >= 4 is 0 Å². The molecule has 0 aromatic heterocycles. The number of rotatable bonds is 3. The van der Waals surface area contributed by atoms with Crippen molar-refractivity contribution in [1.82, 2.24) is 5.32 Å². The van der Waals surface area contributed by atoms with Crippen molar-refractivity contribution in [2.45, 2.75) is 57.6 Å². The van der Waals surface area contributed by atoms with Gasteiger partial charge in [0.25, 0.3) is 0 Å². The van der Waals surface area contributed by atoms with Gasteiger partial charge in [-0.25, -0.2) is 0 Å². The van der Waals surface area contributed by atoms with Crippen molar-refractivity contribution in [3.05, 3.63) is 0 Å². The molecule has 2 nitrogen and oxygen atoms in total. The lowest BCUT2D eigenvalue weighted by molar-refractivity contribution is -0.186. The molecule has 2 N–H and O–H groups in total. The summed E-state index contributed by atoms with van der Waals surface area (Å²) in [6.07, 6.45) is 6.62. The molecule has 0 radical (unpaired) electrons. The van der Waals surface area contributed by atoms with Gasteiger partial charge in [0.2, 0.25) is 0 Å².